The number of nitrogens with one attached hydrogen (secondary N) is 1. The number of benzene rings is 2. The van der Waals surface area contributed by atoms with E-state index in [2.05, 4.69) is 38.2 Å². The van der Waals surface area contributed by atoms with Gasteiger partial charge in [-0.3, -0.25) is 0 Å². The molecule has 2 aromatic carbocycles. The zero-order chi connectivity index (χ0) is 14.0. The van der Waals surface area contributed by atoms with E-state index < -0.39 is 0 Å². The molecule has 1 nitrogen and oxygen atoms in total. The number of anilines is 1. The zero-order valence-corrected chi connectivity index (χ0v) is 12.0. The zero-order valence-electron chi connectivity index (χ0n) is 12.0. The van der Waals surface area contributed by atoms with Gasteiger partial charge in [-0.1, -0.05) is 29.8 Å². The van der Waals surface area contributed by atoms with Crippen LogP contribution in [0.5, 0.6) is 0 Å². The molecule has 0 saturated carbocycles. The Hall–Kier alpha value is -1.83. The van der Waals surface area contributed by atoms with Crippen LogP contribution in [0, 0.1) is 33.5 Å². The van der Waals surface area contributed by atoms with Gasteiger partial charge in [-0.05, 0) is 56.0 Å². The summed E-state index contributed by atoms with van der Waals surface area (Å²) in [6, 6.07) is 9.59. The van der Waals surface area contributed by atoms with Crippen LogP contribution in [0.15, 0.2) is 30.3 Å². The highest BCUT2D eigenvalue weighted by atomic mass is 19.1. The minimum Gasteiger partial charge on any atom is -0.381 e. The molecule has 0 amide bonds. The summed E-state index contributed by atoms with van der Waals surface area (Å²) in [7, 11) is 0. The second-order valence-corrected chi connectivity index (χ2v) is 5.21. The molecular formula is C17H20FN. The van der Waals surface area contributed by atoms with E-state index in [1.807, 2.05) is 12.1 Å². The summed E-state index contributed by atoms with van der Waals surface area (Å²) in [5.41, 5.74) is 6.73. The minimum atomic E-state index is -0.147. The quantitative estimate of drug-likeness (QED) is 0.842. The van der Waals surface area contributed by atoms with Crippen LogP contribution in [0.25, 0.3) is 0 Å². The molecule has 0 saturated heterocycles. The molecule has 0 spiro atoms. The van der Waals surface area contributed by atoms with E-state index >= 15 is 0 Å². The topological polar surface area (TPSA) is 12.0 Å². The van der Waals surface area contributed by atoms with Crippen molar-refractivity contribution in [3.05, 3.63) is 64.0 Å². The monoisotopic (exact) mass is 257 g/mol. The first-order valence-electron chi connectivity index (χ1n) is 6.54. The molecule has 0 aliphatic carbocycles. The van der Waals surface area contributed by atoms with E-state index in [4.69, 9.17) is 0 Å². The third kappa shape index (κ3) is 3.14. The van der Waals surface area contributed by atoms with E-state index in [-0.39, 0.29) is 5.82 Å². The van der Waals surface area contributed by atoms with Crippen molar-refractivity contribution >= 4 is 5.69 Å². The lowest BCUT2D eigenvalue weighted by Crippen LogP contribution is -2.04. The second kappa shape index (κ2) is 5.43. The van der Waals surface area contributed by atoms with Crippen molar-refractivity contribution < 1.29 is 4.39 Å². The van der Waals surface area contributed by atoms with Gasteiger partial charge in [0.15, 0.2) is 0 Å². The fourth-order valence-corrected chi connectivity index (χ4v) is 2.47. The Morgan fingerprint density at radius 3 is 2.11 bits per heavy atom. The van der Waals surface area contributed by atoms with Gasteiger partial charge in [0.1, 0.15) is 5.82 Å². The molecule has 0 bridgehead atoms. The summed E-state index contributed by atoms with van der Waals surface area (Å²) in [4.78, 5) is 0. The Kier molecular flexibility index (Phi) is 3.89. The Bertz CT molecular complexity index is 579. The standard InChI is InChI=1S/C17H20FN/c1-11-7-13(3)17(14(4)8-11)19-10-15-5-6-16(18)12(2)9-15/h5-9,19H,10H2,1-4H3. The molecule has 19 heavy (non-hydrogen) atoms. The molecule has 2 aromatic rings. The van der Waals surface area contributed by atoms with Crippen molar-refractivity contribution in [2.45, 2.75) is 34.2 Å². The number of hydrogen-bond acceptors (Lipinski definition) is 1. The molecule has 0 fully saturated rings. The van der Waals surface area contributed by atoms with Crippen LogP contribution in [0.4, 0.5) is 10.1 Å². The van der Waals surface area contributed by atoms with Crippen molar-refractivity contribution in [1.82, 2.24) is 0 Å². The molecule has 100 valence electrons. The highest BCUT2D eigenvalue weighted by Gasteiger charge is 2.04. The van der Waals surface area contributed by atoms with Gasteiger partial charge >= 0.3 is 0 Å². The Balaban J connectivity index is 2.16. The summed E-state index contributed by atoms with van der Waals surface area (Å²) in [6.07, 6.45) is 0. The molecule has 0 radical (unpaired) electrons. The SMILES string of the molecule is Cc1cc(C)c(NCc2ccc(F)c(C)c2)c(C)c1. The molecular weight excluding hydrogens is 237 g/mol. The van der Waals surface area contributed by atoms with Crippen LogP contribution in [-0.2, 0) is 6.54 Å². The predicted octanol–water partition coefficient (Wildman–Crippen LogP) is 4.67. The number of aryl methyl sites for hydroxylation is 4. The fraction of sp³-hybridized carbons (Fsp3) is 0.294. The van der Waals surface area contributed by atoms with Gasteiger partial charge in [0.2, 0.25) is 0 Å². The molecule has 2 rings (SSSR count). The average molecular weight is 257 g/mol. The van der Waals surface area contributed by atoms with Gasteiger partial charge in [-0.25, -0.2) is 4.39 Å². The van der Waals surface area contributed by atoms with Crippen molar-refractivity contribution in [3.63, 3.8) is 0 Å². The van der Waals surface area contributed by atoms with Crippen LogP contribution in [-0.4, -0.2) is 0 Å². The molecule has 2 heteroatoms. The molecule has 0 heterocycles. The Morgan fingerprint density at radius 2 is 1.53 bits per heavy atom. The molecule has 0 aromatic heterocycles. The summed E-state index contributed by atoms with van der Waals surface area (Å²) in [6.45, 7) is 8.83. The first kappa shape index (κ1) is 13.6. The maximum absolute atomic E-state index is 13.2. The van der Waals surface area contributed by atoms with Crippen LogP contribution < -0.4 is 5.32 Å². The Morgan fingerprint density at radius 1 is 0.895 bits per heavy atom. The maximum atomic E-state index is 13.2. The molecule has 0 aliphatic rings. The first-order valence-corrected chi connectivity index (χ1v) is 6.54. The Labute approximate surface area is 114 Å². The van der Waals surface area contributed by atoms with E-state index in [0.29, 0.717) is 12.1 Å². The summed E-state index contributed by atoms with van der Waals surface area (Å²) < 4.78 is 13.2. The van der Waals surface area contributed by atoms with Gasteiger partial charge in [-0.2, -0.15) is 0 Å². The van der Waals surface area contributed by atoms with Gasteiger partial charge in [0, 0.05) is 12.2 Å². The fourth-order valence-electron chi connectivity index (χ4n) is 2.47. The molecule has 0 aliphatic heterocycles. The smallest absolute Gasteiger partial charge is 0.126 e. The van der Waals surface area contributed by atoms with E-state index in [1.54, 1.807) is 6.92 Å². The summed E-state index contributed by atoms with van der Waals surface area (Å²) in [5.74, 6) is -0.147. The number of rotatable bonds is 3. The summed E-state index contributed by atoms with van der Waals surface area (Å²) >= 11 is 0. The van der Waals surface area contributed by atoms with Crippen molar-refractivity contribution in [1.29, 1.82) is 0 Å². The van der Waals surface area contributed by atoms with E-state index in [0.717, 1.165) is 5.56 Å². The molecule has 0 unspecified atom stereocenters. The second-order valence-electron chi connectivity index (χ2n) is 5.21. The molecule has 1 N–H and O–H groups in total. The van der Waals surface area contributed by atoms with Gasteiger partial charge in [-0.15, -0.1) is 0 Å². The van der Waals surface area contributed by atoms with Crippen molar-refractivity contribution in [2.24, 2.45) is 0 Å². The van der Waals surface area contributed by atoms with Crippen LogP contribution in [0.1, 0.15) is 27.8 Å². The third-order valence-electron chi connectivity index (χ3n) is 3.37. The lowest BCUT2D eigenvalue weighted by molar-refractivity contribution is 0.617. The normalized spacial score (nSPS) is 10.6. The number of halogens is 1. The highest BCUT2D eigenvalue weighted by molar-refractivity contribution is 5.58. The van der Waals surface area contributed by atoms with Crippen molar-refractivity contribution in [2.75, 3.05) is 5.32 Å². The minimum absolute atomic E-state index is 0.147. The van der Waals surface area contributed by atoms with Crippen LogP contribution in [0.2, 0.25) is 0 Å². The first-order chi connectivity index (χ1) is 8.97. The lowest BCUT2D eigenvalue weighted by Gasteiger charge is -2.14. The number of hydrogen-bond donors (Lipinski definition) is 1. The summed E-state index contributed by atoms with van der Waals surface area (Å²) in [5, 5.41) is 3.45. The van der Waals surface area contributed by atoms with E-state index in [1.165, 1.54) is 28.4 Å². The van der Waals surface area contributed by atoms with Gasteiger partial charge in [0.05, 0.1) is 0 Å². The average Bonchev–Trinajstić information content (AvgIpc) is 2.32. The maximum Gasteiger partial charge on any atom is 0.126 e. The van der Waals surface area contributed by atoms with Crippen molar-refractivity contribution in [3.8, 4) is 0 Å². The third-order valence-corrected chi connectivity index (χ3v) is 3.37. The lowest BCUT2D eigenvalue weighted by atomic mass is 10.0. The molecule has 0 atom stereocenters. The van der Waals surface area contributed by atoms with Gasteiger partial charge in [0.25, 0.3) is 0 Å². The van der Waals surface area contributed by atoms with E-state index in [9.17, 15) is 4.39 Å². The predicted molar refractivity (Wildman–Crippen MR) is 79.1 cm³/mol. The van der Waals surface area contributed by atoms with Gasteiger partial charge < -0.3 is 5.32 Å². The van der Waals surface area contributed by atoms with Crippen LogP contribution in [0.3, 0.4) is 0 Å². The highest BCUT2D eigenvalue weighted by Crippen LogP contribution is 2.22. The largest absolute Gasteiger partial charge is 0.381 e. The van der Waals surface area contributed by atoms with Crippen LogP contribution >= 0.6 is 0 Å².